The van der Waals surface area contributed by atoms with Gasteiger partial charge in [-0.25, -0.2) is 0 Å². The lowest BCUT2D eigenvalue weighted by Crippen LogP contribution is -2.11. The second-order valence-electron chi connectivity index (χ2n) is 4.73. The molecule has 3 heteroatoms. The summed E-state index contributed by atoms with van der Waals surface area (Å²) in [6, 6.07) is 15.4. The number of benzene rings is 2. The highest BCUT2D eigenvalue weighted by atomic mass is 16.5. The van der Waals surface area contributed by atoms with Crippen LogP contribution in [0, 0.1) is 6.92 Å². The van der Waals surface area contributed by atoms with E-state index in [0.717, 1.165) is 27.8 Å². The van der Waals surface area contributed by atoms with E-state index in [2.05, 4.69) is 4.98 Å². The van der Waals surface area contributed by atoms with Crippen molar-refractivity contribution in [1.82, 2.24) is 4.98 Å². The summed E-state index contributed by atoms with van der Waals surface area (Å²) >= 11 is 0. The van der Waals surface area contributed by atoms with Crippen molar-refractivity contribution in [2.45, 2.75) is 6.92 Å². The largest absolute Gasteiger partial charge is 0.497 e. The van der Waals surface area contributed by atoms with Gasteiger partial charge in [-0.2, -0.15) is 0 Å². The van der Waals surface area contributed by atoms with Crippen LogP contribution in [0.1, 0.15) is 5.56 Å². The van der Waals surface area contributed by atoms with Crippen LogP contribution in [0.15, 0.2) is 53.3 Å². The molecule has 1 heterocycles. The topological polar surface area (TPSA) is 42.1 Å². The van der Waals surface area contributed by atoms with Crippen LogP contribution in [0.2, 0.25) is 0 Å². The smallest absolute Gasteiger partial charge is 0.256 e. The third kappa shape index (κ3) is 1.97. The summed E-state index contributed by atoms with van der Waals surface area (Å²) in [6.45, 7) is 1.98. The Kier molecular flexibility index (Phi) is 3.03. The zero-order chi connectivity index (χ0) is 14.1. The van der Waals surface area contributed by atoms with Crippen LogP contribution >= 0.6 is 0 Å². The molecule has 0 aliphatic carbocycles. The van der Waals surface area contributed by atoms with Gasteiger partial charge in [0.2, 0.25) is 0 Å². The van der Waals surface area contributed by atoms with Crippen molar-refractivity contribution in [2.75, 3.05) is 7.11 Å². The van der Waals surface area contributed by atoms with Crippen molar-refractivity contribution in [1.29, 1.82) is 0 Å². The van der Waals surface area contributed by atoms with Gasteiger partial charge in [-0.15, -0.1) is 0 Å². The van der Waals surface area contributed by atoms with E-state index in [1.54, 1.807) is 7.11 Å². The van der Waals surface area contributed by atoms with E-state index in [9.17, 15) is 4.79 Å². The Bertz CT molecular complexity index is 834. The van der Waals surface area contributed by atoms with Gasteiger partial charge in [0.05, 0.1) is 12.7 Å². The van der Waals surface area contributed by atoms with Crippen molar-refractivity contribution in [2.24, 2.45) is 0 Å². The minimum absolute atomic E-state index is 0.0746. The lowest BCUT2D eigenvalue weighted by atomic mass is 9.98. The van der Waals surface area contributed by atoms with Crippen molar-refractivity contribution < 1.29 is 4.74 Å². The van der Waals surface area contributed by atoms with Crippen molar-refractivity contribution >= 4 is 10.9 Å². The molecule has 3 nitrogen and oxygen atoms in total. The molecule has 0 saturated heterocycles. The number of methoxy groups -OCH3 is 1. The predicted molar refractivity (Wildman–Crippen MR) is 81.3 cm³/mol. The Labute approximate surface area is 116 Å². The number of aryl methyl sites for hydroxylation is 1. The molecule has 3 aromatic rings. The second-order valence-corrected chi connectivity index (χ2v) is 4.73. The normalized spacial score (nSPS) is 10.7. The molecule has 0 fully saturated rings. The van der Waals surface area contributed by atoms with E-state index in [1.807, 2.05) is 55.5 Å². The van der Waals surface area contributed by atoms with Crippen LogP contribution < -0.4 is 10.3 Å². The minimum atomic E-state index is -0.0746. The van der Waals surface area contributed by atoms with E-state index < -0.39 is 0 Å². The van der Waals surface area contributed by atoms with Crippen molar-refractivity contribution in [3.05, 3.63) is 64.4 Å². The van der Waals surface area contributed by atoms with Gasteiger partial charge in [0.25, 0.3) is 5.56 Å². The molecule has 2 aromatic carbocycles. The van der Waals surface area contributed by atoms with Crippen LogP contribution in [-0.4, -0.2) is 12.1 Å². The van der Waals surface area contributed by atoms with Crippen LogP contribution in [0.25, 0.3) is 22.0 Å². The van der Waals surface area contributed by atoms with Gasteiger partial charge in [-0.05, 0) is 36.2 Å². The molecule has 0 saturated carbocycles. The predicted octanol–water partition coefficient (Wildman–Crippen LogP) is 3.51. The maximum atomic E-state index is 12.4. The third-order valence-corrected chi connectivity index (χ3v) is 3.54. The van der Waals surface area contributed by atoms with Gasteiger partial charge in [0.15, 0.2) is 0 Å². The number of H-pyrrole nitrogens is 1. The highest BCUT2D eigenvalue weighted by Crippen LogP contribution is 2.27. The zero-order valence-corrected chi connectivity index (χ0v) is 11.4. The molecule has 1 aromatic heterocycles. The molecule has 0 bridgehead atoms. The molecule has 0 unspecified atom stereocenters. The average molecular weight is 265 g/mol. The van der Waals surface area contributed by atoms with Gasteiger partial charge < -0.3 is 9.72 Å². The van der Waals surface area contributed by atoms with Gasteiger partial charge in [0.1, 0.15) is 5.75 Å². The fourth-order valence-corrected chi connectivity index (χ4v) is 2.54. The first-order valence-electron chi connectivity index (χ1n) is 6.47. The fourth-order valence-electron chi connectivity index (χ4n) is 2.54. The summed E-state index contributed by atoms with van der Waals surface area (Å²) in [4.78, 5) is 15.3. The Balaban J connectivity index is 2.33. The molecule has 0 radical (unpaired) electrons. The maximum Gasteiger partial charge on any atom is 0.256 e. The molecule has 0 aliphatic rings. The van der Waals surface area contributed by atoms with Crippen LogP contribution in [0.3, 0.4) is 0 Å². The number of rotatable bonds is 2. The Morgan fingerprint density at radius 3 is 2.65 bits per heavy atom. The Morgan fingerprint density at radius 1 is 1.05 bits per heavy atom. The number of para-hydroxylation sites is 1. The summed E-state index contributed by atoms with van der Waals surface area (Å²) < 4.78 is 5.23. The SMILES string of the molecule is COc1cccc(-c2c(C)c3ccccc3[nH]c2=O)c1. The molecule has 0 spiro atoms. The van der Waals surface area contributed by atoms with Crippen LogP contribution in [-0.2, 0) is 0 Å². The monoisotopic (exact) mass is 265 g/mol. The highest BCUT2D eigenvalue weighted by molar-refractivity contribution is 5.88. The molecule has 1 N–H and O–H groups in total. The molecule has 0 atom stereocenters. The maximum absolute atomic E-state index is 12.4. The number of nitrogens with one attached hydrogen (secondary N) is 1. The summed E-state index contributed by atoms with van der Waals surface area (Å²) in [7, 11) is 1.62. The molecular formula is C17H15NO2. The minimum Gasteiger partial charge on any atom is -0.497 e. The van der Waals surface area contributed by atoms with E-state index >= 15 is 0 Å². The van der Waals surface area contributed by atoms with Crippen molar-refractivity contribution in [3.63, 3.8) is 0 Å². The zero-order valence-electron chi connectivity index (χ0n) is 11.4. The van der Waals surface area contributed by atoms with Gasteiger partial charge >= 0.3 is 0 Å². The Morgan fingerprint density at radius 2 is 1.85 bits per heavy atom. The quantitative estimate of drug-likeness (QED) is 0.770. The van der Waals surface area contributed by atoms with E-state index in [-0.39, 0.29) is 5.56 Å². The number of aromatic nitrogens is 1. The summed E-state index contributed by atoms with van der Waals surface area (Å²) in [5, 5.41) is 1.06. The van der Waals surface area contributed by atoms with E-state index in [0.29, 0.717) is 5.56 Å². The standard InChI is InChI=1S/C17H15NO2/c1-11-14-8-3-4-9-15(14)18-17(19)16(11)12-6-5-7-13(10-12)20-2/h3-10H,1-2H3,(H,18,19). The summed E-state index contributed by atoms with van der Waals surface area (Å²) in [6.07, 6.45) is 0. The van der Waals surface area contributed by atoms with Crippen LogP contribution in [0.4, 0.5) is 0 Å². The number of hydrogen-bond acceptors (Lipinski definition) is 2. The van der Waals surface area contributed by atoms with Gasteiger partial charge in [-0.1, -0.05) is 30.3 Å². The van der Waals surface area contributed by atoms with Crippen LogP contribution in [0.5, 0.6) is 5.75 Å². The average Bonchev–Trinajstić information content (AvgIpc) is 2.47. The second kappa shape index (κ2) is 4.85. The summed E-state index contributed by atoms with van der Waals surface area (Å²) in [5.74, 6) is 0.745. The molecular weight excluding hydrogens is 250 g/mol. The van der Waals surface area contributed by atoms with Gasteiger partial charge in [0, 0.05) is 10.9 Å². The van der Waals surface area contributed by atoms with Gasteiger partial charge in [-0.3, -0.25) is 4.79 Å². The number of fused-ring (bicyclic) bond motifs is 1. The van der Waals surface area contributed by atoms with E-state index in [4.69, 9.17) is 4.74 Å². The first-order valence-corrected chi connectivity index (χ1v) is 6.47. The van der Waals surface area contributed by atoms with E-state index in [1.165, 1.54) is 0 Å². The molecule has 100 valence electrons. The molecule has 0 aliphatic heterocycles. The number of aromatic amines is 1. The third-order valence-electron chi connectivity index (χ3n) is 3.54. The first kappa shape index (κ1) is 12.5. The number of hydrogen-bond donors (Lipinski definition) is 1. The first-order chi connectivity index (χ1) is 9.70. The highest BCUT2D eigenvalue weighted by Gasteiger charge is 2.11. The lowest BCUT2D eigenvalue weighted by molar-refractivity contribution is 0.415. The molecule has 3 rings (SSSR count). The number of pyridine rings is 1. The molecule has 0 amide bonds. The lowest BCUT2D eigenvalue weighted by Gasteiger charge is -2.10. The fraction of sp³-hybridized carbons (Fsp3) is 0.118. The number of ether oxygens (including phenoxy) is 1. The van der Waals surface area contributed by atoms with Crippen molar-refractivity contribution in [3.8, 4) is 16.9 Å². The Hall–Kier alpha value is -2.55. The summed E-state index contributed by atoms with van der Waals surface area (Å²) in [5.41, 5.74) is 3.34. The molecule has 20 heavy (non-hydrogen) atoms.